The second-order valence-electron chi connectivity index (χ2n) is 8.68. The second-order valence-corrected chi connectivity index (χ2v) is 9.79. The van der Waals surface area contributed by atoms with Gasteiger partial charge in [-0.05, 0) is 68.4 Å². The molecule has 0 aliphatic carbocycles. The number of benzene rings is 2. The first kappa shape index (κ1) is 26.2. The van der Waals surface area contributed by atoms with Crippen molar-refractivity contribution in [2.75, 3.05) is 32.3 Å². The highest BCUT2D eigenvalue weighted by Crippen LogP contribution is 2.39. The predicted octanol–water partition coefficient (Wildman–Crippen LogP) is 5.17. The van der Waals surface area contributed by atoms with Gasteiger partial charge in [-0.25, -0.2) is 8.78 Å². The summed E-state index contributed by atoms with van der Waals surface area (Å²) >= 11 is 1.43. The molecule has 1 amide bonds. The molecule has 0 saturated carbocycles. The van der Waals surface area contributed by atoms with Crippen molar-refractivity contribution in [3.8, 4) is 16.3 Å². The molecule has 2 aromatic heterocycles. The molecule has 2 heterocycles. The third-order valence-electron chi connectivity index (χ3n) is 5.71. The number of carbonyl (C=O) groups is 1. The molecule has 37 heavy (non-hydrogen) atoms. The van der Waals surface area contributed by atoms with Crippen LogP contribution in [0.15, 0.2) is 54.6 Å². The molecule has 0 spiro atoms. The number of thiophene rings is 1. The molecule has 0 atom stereocenters. The van der Waals surface area contributed by atoms with Crippen LogP contribution in [0.25, 0.3) is 10.4 Å². The monoisotopic (exact) mass is 523 g/mol. The number of carbonyl (C=O) groups excluding carboxylic acids is 1. The summed E-state index contributed by atoms with van der Waals surface area (Å²) < 4.78 is 33.8. The fourth-order valence-corrected chi connectivity index (χ4v) is 5.29. The van der Waals surface area contributed by atoms with E-state index < -0.39 is 11.6 Å². The van der Waals surface area contributed by atoms with Crippen LogP contribution >= 0.6 is 11.3 Å². The van der Waals surface area contributed by atoms with Gasteiger partial charge >= 0.3 is 0 Å². The maximum atomic E-state index is 14.4. The number of aromatic nitrogens is 2. The summed E-state index contributed by atoms with van der Waals surface area (Å²) in [6.45, 7) is 0.474. The molecule has 0 radical (unpaired) electrons. The Morgan fingerprint density at radius 1 is 1.00 bits per heavy atom. The minimum atomic E-state index is -0.608. The van der Waals surface area contributed by atoms with E-state index in [0.717, 1.165) is 16.0 Å². The molecule has 0 saturated heterocycles. The van der Waals surface area contributed by atoms with Crippen LogP contribution in [0.2, 0.25) is 0 Å². The van der Waals surface area contributed by atoms with Gasteiger partial charge in [0.2, 0.25) is 5.88 Å². The van der Waals surface area contributed by atoms with Crippen LogP contribution in [0.1, 0.15) is 26.4 Å². The number of nitrogen functional groups attached to an aromatic ring is 1. The quantitative estimate of drug-likeness (QED) is 0.294. The lowest BCUT2D eigenvalue weighted by atomic mass is 10.00. The number of ether oxygens (including phenoxy) is 1. The van der Waals surface area contributed by atoms with Crippen molar-refractivity contribution in [2.24, 2.45) is 0 Å². The fraction of sp³-hybridized carbons (Fsp3) is 0.222. The number of nitrogens with one attached hydrogen (secondary N) is 1. The maximum Gasteiger partial charge on any atom is 0.258 e. The fourth-order valence-electron chi connectivity index (χ4n) is 3.98. The Morgan fingerprint density at radius 3 is 2.30 bits per heavy atom. The number of anilines is 2. The Morgan fingerprint density at radius 2 is 1.70 bits per heavy atom. The van der Waals surface area contributed by atoms with Crippen molar-refractivity contribution in [1.29, 1.82) is 0 Å². The average Bonchev–Trinajstić information content (AvgIpc) is 3.22. The number of nitrogens with zero attached hydrogens (tertiary/aromatic N) is 3. The molecule has 0 aliphatic rings. The van der Waals surface area contributed by atoms with E-state index in [0.29, 0.717) is 28.6 Å². The van der Waals surface area contributed by atoms with E-state index in [9.17, 15) is 13.6 Å². The Labute approximate surface area is 217 Å². The van der Waals surface area contributed by atoms with Crippen LogP contribution in [0, 0.1) is 11.6 Å². The number of hydrogen-bond donors (Lipinski definition) is 2. The molecule has 0 bridgehead atoms. The van der Waals surface area contributed by atoms with E-state index in [1.807, 2.05) is 31.1 Å². The van der Waals surface area contributed by atoms with Crippen LogP contribution in [-0.4, -0.2) is 42.2 Å². The van der Waals surface area contributed by atoms with E-state index in [4.69, 9.17) is 10.5 Å². The van der Waals surface area contributed by atoms with Crippen molar-refractivity contribution in [3.63, 3.8) is 0 Å². The standard InChI is InChI=1S/C27H27F2N5O2S/c1-34(2)15-19-25(27(35)31-23-13-14-24(36-3)33-32-23)22(12-11-18-20(28)5-4-6-21(18)29)37-26(19)16-7-9-17(30)10-8-16/h4-10,13-14H,11-12,15,30H2,1-3H3,(H,31,32,35). The zero-order chi connectivity index (χ0) is 26.5. The minimum absolute atomic E-state index is 0.00789. The number of nitrogens with two attached hydrogens (primary N) is 1. The van der Waals surface area contributed by atoms with Crippen molar-refractivity contribution >= 4 is 28.7 Å². The van der Waals surface area contributed by atoms with Crippen LogP contribution in [-0.2, 0) is 19.4 Å². The van der Waals surface area contributed by atoms with E-state index in [1.54, 1.807) is 24.3 Å². The van der Waals surface area contributed by atoms with Gasteiger partial charge in [-0.1, -0.05) is 18.2 Å². The molecule has 2 aromatic carbocycles. The van der Waals surface area contributed by atoms with Gasteiger partial charge in [0, 0.05) is 33.6 Å². The molecule has 4 rings (SSSR count). The van der Waals surface area contributed by atoms with Crippen molar-refractivity contribution in [3.05, 3.63) is 87.8 Å². The summed E-state index contributed by atoms with van der Waals surface area (Å²) in [5, 5.41) is 10.7. The van der Waals surface area contributed by atoms with Crippen molar-refractivity contribution < 1.29 is 18.3 Å². The Hall–Kier alpha value is -3.89. The van der Waals surface area contributed by atoms with E-state index in [1.165, 1.54) is 36.6 Å². The van der Waals surface area contributed by atoms with E-state index in [2.05, 4.69) is 15.5 Å². The summed E-state index contributed by atoms with van der Waals surface area (Å²) in [7, 11) is 5.30. The molecule has 3 N–H and O–H groups in total. The molecular weight excluding hydrogens is 496 g/mol. The number of rotatable bonds is 9. The van der Waals surface area contributed by atoms with Gasteiger partial charge in [-0.15, -0.1) is 21.5 Å². The number of amides is 1. The van der Waals surface area contributed by atoms with Crippen molar-refractivity contribution in [1.82, 2.24) is 15.1 Å². The molecule has 4 aromatic rings. The first-order chi connectivity index (χ1) is 17.8. The number of halogens is 2. The SMILES string of the molecule is COc1ccc(NC(=O)c2c(CCc3c(F)cccc3F)sc(-c3ccc(N)cc3)c2CN(C)C)nn1. The van der Waals surface area contributed by atoms with Crippen molar-refractivity contribution in [2.45, 2.75) is 19.4 Å². The smallest absolute Gasteiger partial charge is 0.258 e. The lowest BCUT2D eigenvalue weighted by Crippen LogP contribution is -2.19. The highest BCUT2D eigenvalue weighted by molar-refractivity contribution is 7.16. The first-order valence-corrected chi connectivity index (χ1v) is 12.4. The Balaban J connectivity index is 1.78. The topological polar surface area (TPSA) is 93.4 Å². The molecule has 10 heteroatoms. The largest absolute Gasteiger partial charge is 0.480 e. The van der Waals surface area contributed by atoms with Crippen LogP contribution in [0.4, 0.5) is 20.3 Å². The molecule has 0 fully saturated rings. The summed E-state index contributed by atoms with van der Waals surface area (Å²) in [5.41, 5.74) is 8.68. The van der Waals surface area contributed by atoms with E-state index >= 15 is 0 Å². The average molecular weight is 524 g/mol. The van der Waals surface area contributed by atoms with Gasteiger partial charge in [-0.3, -0.25) is 4.79 Å². The van der Waals surface area contributed by atoms with Crippen LogP contribution < -0.4 is 15.8 Å². The number of hydrogen-bond acceptors (Lipinski definition) is 7. The Bertz CT molecular complexity index is 1370. The molecule has 192 valence electrons. The van der Waals surface area contributed by atoms with E-state index in [-0.39, 0.29) is 30.1 Å². The third kappa shape index (κ3) is 6.10. The third-order valence-corrected chi connectivity index (χ3v) is 7.05. The summed E-state index contributed by atoms with van der Waals surface area (Å²) in [5.74, 6) is -1.02. The maximum absolute atomic E-state index is 14.4. The van der Waals surface area contributed by atoms with Gasteiger partial charge in [-0.2, -0.15) is 0 Å². The van der Waals surface area contributed by atoms with Gasteiger partial charge in [0.25, 0.3) is 5.91 Å². The van der Waals surface area contributed by atoms with Gasteiger partial charge in [0.15, 0.2) is 5.82 Å². The zero-order valence-corrected chi connectivity index (χ0v) is 21.5. The summed E-state index contributed by atoms with van der Waals surface area (Å²) in [6, 6.07) is 14.4. The van der Waals surface area contributed by atoms with Gasteiger partial charge < -0.3 is 20.7 Å². The zero-order valence-electron chi connectivity index (χ0n) is 20.7. The van der Waals surface area contributed by atoms with Crippen LogP contribution in [0.3, 0.4) is 0 Å². The number of aryl methyl sites for hydroxylation is 1. The number of methoxy groups -OCH3 is 1. The molecular formula is C27H27F2N5O2S. The van der Waals surface area contributed by atoms with Gasteiger partial charge in [0.05, 0.1) is 12.7 Å². The summed E-state index contributed by atoms with van der Waals surface area (Å²) in [6.07, 6.45) is 0.374. The van der Waals surface area contributed by atoms with Crippen LogP contribution in [0.5, 0.6) is 5.88 Å². The second kappa shape index (κ2) is 11.4. The Kier molecular flexibility index (Phi) is 8.10. The molecule has 0 unspecified atom stereocenters. The van der Waals surface area contributed by atoms with Gasteiger partial charge in [0.1, 0.15) is 11.6 Å². The highest BCUT2D eigenvalue weighted by Gasteiger charge is 2.26. The molecule has 7 nitrogen and oxygen atoms in total. The first-order valence-electron chi connectivity index (χ1n) is 11.5. The predicted molar refractivity (Wildman–Crippen MR) is 142 cm³/mol. The molecule has 0 aliphatic heterocycles. The summed E-state index contributed by atoms with van der Waals surface area (Å²) in [4.78, 5) is 17.2. The highest BCUT2D eigenvalue weighted by atomic mass is 32.1. The normalized spacial score (nSPS) is 11.1. The lowest BCUT2D eigenvalue weighted by molar-refractivity contribution is 0.102. The minimum Gasteiger partial charge on any atom is -0.480 e. The lowest BCUT2D eigenvalue weighted by Gasteiger charge is -2.14.